The van der Waals surface area contributed by atoms with Gasteiger partial charge in [0.15, 0.2) is 0 Å². The van der Waals surface area contributed by atoms with Gasteiger partial charge in [0, 0.05) is 44.0 Å². The fourth-order valence-electron chi connectivity index (χ4n) is 4.93. The fraction of sp³-hybridized carbons (Fsp3) is 0.429. The molecule has 2 fully saturated rings. The van der Waals surface area contributed by atoms with Crippen molar-refractivity contribution in [3.05, 3.63) is 42.5 Å². The van der Waals surface area contributed by atoms with E-state index in [1.165, 1.54) is 12.8 Å². The molecular weight excluding hydrogens is 350 g/mol. The summed E-state index contributed by atoms with van der Waals surface area (Å²) in [5.74, 6) is 2.70. The number of hydrogen-bond acceptors (Lipinski definition) is 6. The summed E-state index contributed by atoms with van der Waals surface area (Å²) >= 11 is 0. The van der Waals surface area contributed by atoms with E-state index >= 15 is 0 Å². The number of aromatic amines is 1. The van der Waals surface area contributed by atoms with E-state index in [1.807, 2.05) is 18.3 Å². The first-order valence-electron chi connectivity index (χ1n) is 9.80. The van der Waals surface area contributed by atoms with Crippen molar-refractivity contribution in [2.45, 2.75) is 19.8 Å². The maximum atomic E-state index is 9.01. The third-order valence-corrected chi connectivity index (χ3v) is 6.42. The summed E-state index contributed by atoms with van der Waals surface area (Å²) in [6.07, 6.45) is 7.60. The molecule has 0 aliphatic carbocycles. The largest absolute Gasteiger partial charge is 0.356 e. The van der Waals surface area contributed by atoms with Crippen LogP contribution in [0.5, 0.6) is 0 Å². The maximum absolute atomic E-state index is 9.01. The molecule has 2 saturated heterocycles. The lowest BCUT2D eigenvalue weighted by Crippen LogP contribution is -2.57. The van der Waals surface area contributed by atoms with Crippen molar-refractivity contribution >= 4 is 22.7 Å². The summed E-state index contributed by atoms with van der Waals surface area (Å²) in [7, 11) is 0. The van der Waals surface area contributed by atoms with E-state index < -0.39 is 0 Å². The number of fused-ring (bicyclic) bond motifs is 2. The van der Waals surface area contributed by atoms with Gasteiger partial charge >= 0.3 is 0 Å². The molecule has 2 aliphatic rings. The second-order valence-electron chi connectivity index (χ2n) is 8.23. The van der Waals surface area contributed by atoms with Crippen molar-refractivity contribution in [2.75, 3.05) is 36.0 Å². The average molecular weight is 373 g/mol. The highest BCUT2D eigenvalue weighted by Crippen LogP contribution is 2.43. The molecule has 0 saturated carbocycles. The highest BCUT2D eigenvalue weighted by Gasteiger charge is 2.44. The highest BCUT2D eigenvalue weighted by atomic mass is 15.2. The summed E-state index contributed by atoms with van der Waals surface area (Å²) in [4.78, 5) is 21.4. The SMILES string of the molecule is CC12CN(c3ccc(C#N)cn3)CCC1CCN(c1ncnc3[nH]ccc13)C2. The standard InChI is InChI=1S/C21H23N7/c1-21-12-27(18-3-2-15(10-22)11-24-18)8-5-16(21)6-9-28(13-21)20-17-4-7-23-19(17)25-14-26-20/h2-4,7,11,14,16H,5-6,8-9,12-13H2,1H3,(H,23,25,26). The molecule has 0 bridgehead atoms. The second-order valence-corrected chi connectivity index (χ2v) is 8.23. The second kappa shape index (κ2) is 6.48. The van der Waals surface area contributed by atoms with Crippen LogP contribution in [0.15, 0.2) is 36.9 Å². The number of hydrogen-bond donors (Lipinski definition) is 1. The van der Waals surface area contributed by atoms with Crippen LogP contribution in [-0.2, 0) is 0 Å². The van der Waals surface area contributed by atoms with Gasteiger partial charge in [-0.15, -0.1) is 0 Å². The van der Waals surface area contributed by atoms with Crippen LogP contribution in [0.1, 0.15) is 25.3 Å². The summed E-state index contributed by atoms with van der Waals surface area (Å²) < 4.78 is 0. The topological polar surface area (TPSA) is 84.7 Å². The number of rotatable bonds is 2. The summed E-state index contributed by atoms with van der Waals surface area (Å²) in [6.45, 7) is 6.40. The number of pyridine rings is 1. The van der Waals surface area contributed by atoms with Gasteiger partial charge in [0.1, 0.15) is 29.7 Å². The van der Waals surface area contributed by atoms with E-state index in [-0.39, 0.29) is 5.41 Å². The highest BCUT2D eigenvalue weighted by molar-refractivity contribution is 5.87. The smallest absolute Gasteiger partial charge is 0.142 e. The number of aromatic nitrogens is 4. The third kappa shape index (κ3) is 2.76. The molecule has 2 aliphatic heterocycles. The Morgan fingerprint density at radius 2 is 1.93 bits per heavy atom. The van der Waals surface area contributed by atoms with Crippen molar-refractivity contribution in [3.63, 3.8) is 0 Å². The Bertz CT molecular complexity index is 1030. The van der Waals surface area contributed by atoms with Crippen LogP contribution in [0.2, 0.25) is 0 Å². The lowest BCUT2D eigenvalue weighted by molar-refractivity contribution is 0.125. The number of H-pyrrole nitrogens is 1. The zero-order valence-electron chi connectivity index (χ0n) is 16.0. The Morgan fingerprint density at radius 3 is 2.71 bits per heavy atom. The van der Waals surface area contributed by atoms with Gasteiger partial charge in [0.2, 0.25) is 0 Å². The minimum Gasteiger partial charge on any atom is -0.356 e. The molecule has 5 rings (SSSR count). The normalized spacial score (nSPS) is 24.8. The predicted octanol–water partition coefficient (Wildman–Crippen LogP) is 2.97. The molecule has 2 atom stereocenters. The zero-order valence-corrected chi connectivity index (χ0v) is 16.0. The molecule has 142 valence electrons. The molecule has 0 amide bonds. The Labute approximate surface area is 164 Å². The Hall–Kier alpha value is -3.14. The molecule has 0 aromatic carbocycles. The van der Waals surface area contributed by atoms with Gasteiger partial charge in [-0.25, -0.2) is 15.0 Å². The Morgan fingerprint density at radius 1 is 1.11 bits per heavy atom. The number of piperidine rings is 2. The molecule has 3 aromatic rings. The average Bonchev–Trinajstić information content (AvgIpc) is 3.21. The van der Waals surface area contributed by atoms with Crippen LogP contribution >= 0.6 is 0 Å². The van der Waals surface area contributed by atoms with Crippen LogP contribution in [0, 0.1) is 22.7 Å². The van der Waals surface area contributed by atoms with Crippen molar-refractivity contribution in [1.29, 1.82) is 5.26 Å². The van der Waals surface area contributed by atoms with Gasteiger partial charge in [-0.3, -0.25) is 0 Å². The molecule has 1 N–H and O–H groups in total. The monoisotopic (exact) mass is 373 g/mol. The molecule has 7 nitrogen and oxygen atoms in total. The van der Waals surface area contributed by atoms with Gasteiger partial charge in [0.25, 0.3) is 0 Å². The quantitative estimate of drug-likeness (QED) is 0.743. The first-order chi connectivity index (χ1) is 13.7. The third-order valence-electron chi connectivity index (χ3n) is 6.42. The van der Waals surface area contributed by atoms with Crippen molar-refractivity contribution in [2.24, 2.45) is 11.3 Å². The lowest BCUT2D eigenvalue weighted by atomic mass is 9.68. The van der Waals surface area contributed by atoms with E-state index in [0.717, 1.165) is 48.8 Å². The zero-order chi connectivity index (χ0) is 19.1. The first-order valence-corrected chi connectivity index (χ1v) is 9.80. The van der Waals surface area contributed by atoms with E-state index in [4.69, 9.17) is 5.26 Å². The molecular formula is C21H23N7. The number of anilines is 2. The maximum Gasteiger partial charge on any atom is 0.142 e. The minimum atomic E-state index is 0.166. The van der Waals surface area contributed by atoms with Crippen molar-refractivity contribution < 1.29 is 0 Å². The van der Waals surface area contributed by atoms with E-state index in [9.17, 15) is 0 Å². The molecule has 5 heterocycles. The van der Waals surface area contributed by atoms with Crippen LogP contribution in [0.25, 0.3) is 11.0 Å². The van der Waals surface area contributed by atoms with Gasteiger partial charge in [-0.1, -0.05) is 6.92 Å². The van der Waals surface area contributed by atoms with Crippen LogP contribution in [0.3, 0.4) is 0 Å². The van der Waals surface area contributed by atoms with Crippen LogP contribution in [-0.4, -0.2) is 46.1 Å². The number of nitriles is 1. The van der Waals surface area contributed by atoms with E-state index in [0.29, 0.717) is 11.5 Å². The van der Waals surface area contributed by atoms with Gasteiger partial charge in [-0.05, 0) is 37.0 Å². The Balaban J connectivity index is 1.40. The first kappa shape index (κ1) is 17.0. The van der Waals surface area contributed by atoms with Gasteiger partial charge in [-0.2, -0.15) is 5.26 Å². The summed E-state index contributed by atoms with van der Waals surface area (Å²) in [5, 5.41) is 10.1. The number of nitrogens with one attached hydrogen (secondary N) is 1. The molecule has 3 aromatic heterocycles. The van der Waals surface area contributed by atoms with E-state index in [2.05, 4.69) is 48.8 Å². The molecule has 2 unspecified atom stereocenters. The lowest BCUT2D eigenvalue weighted by Gasteiger charge is -2.52. The van der Waals surface area contributed by atoms with E-state index in [1.54, 1.807) is 12.5 Å². The van der Waals surface area contributed by atoms with Crippen LogP contribution < -0.4 is 9.80 Å². The van der Waals surface area contributed by atoms with Crippen molar-refractivity contribution in [1.82, 2.24) is 19.9 Å². The Kier molecular flexibility index (Phi) is 3.93. The fourth-order valence-corrected chi connectivity index (χ4v) is 4.93. The van der Waals surface area contributed by atoms with Gasteiger partial charge < -0.3 is 14.8 Å². The van der Waals surface area contributed by atoms with Crippen LogP contribution in [0.4, 0.5) is 11.6 Å². The van der Waals surface area contributed by atoms with Gasteiger partial charge in [0.05, 0.1) is 10.9 Å². The summed E-state index contributed by atoms with van der Waals surface area (Å²) in [5.41, 5.74) is 1.66. The molecule has 0 spiro atoms. The predicted molar refractivity (Wildman–Crippen MR) is 108 cm³/mol. The molecule has 28 heavy (non-hydrogen) atoms. The minimum absolute atomic E-state index is 0.166. The summed E-state index contributed by atoms with van der Waals surface area (Å²) in [6, 6.07) is 8.03. The molecule has 0 radical (unpaired) electrons. The molecule has 7 heteroatoms. The van der Waals surface area contributed by atoms with Crippen molar-refractivity contribution in [3.8, 4) is 6.07 Å². The number of nitrogens with zero attached hydrogens (tertiary/aromatic N) is 6.